The van der Waals surface area contributed by atoms with Gasteiger partial charge in [0.25, 0.3) is 0 Å². The molecule has 1 atom stereocenters. The van der Waals surface area contributed by atoms with Gasteiger partial charge in [-0.25, -0.2) is 0 Å². The van der Waals surface area contributed by atoms with Gasteiger partial charge in [-0.3, -0.25) is 0 Å². The third kappa shape index (κ3) is 4.57. The molecule has 0 heterocycles. The molecular formula is C20H31NO. The van der Waals surface area contributed by atoms with E-state index in [1.807, 2.05) is 0 Å². The monoisotopic (exact) mass is 301 g/mol. The van der Waals surface area contributed by atoms with Gasteiger partial charge in [-0.05, 0) is 56.4 Å². The van der Waals surface area contributed by atoms with E-state index >= 15 is 0 Å². The normalized spacial score (nSPS) is 28.4. The summed E-state index contributed by atoms with van der Waals surface area (Å²) in [4.78, 5) is 0. The average Bonchev–Trinajstić information content (AvgIpc) is 2.58. The lowest BCUT2D eigenvalue weighted by atomic mass is 9.80. The van der Waals surface area contributed by atoms with Crippen molar-refractivity contribution >= 4 is 0 Å². The van der Waals surface area contributed by atoms with Gasteiger partial charge in [0, 0.05) is 12.1 Å². The van der Waals surface area contributed by atoms with Crippen LogP contribution in [0.25, 0.3) is 0 Å². The highest BCUT2D eigenvalue weighted by Gasteiger charge is 2.27. The van der Waals surface area contributed by atoms with E-state index < -0.39 is 0 Å². The van der Waals surface area contributed by atoms with Crippen molar-refractivity contribution in [2.75, 3.05) is 0 Å². The average molecular weight is 301 g/mol. The number of hydrogen-bond donors (Lipinski definition) is 2. The van der Waals surface area contributed by atoms with Gasteiger partial charge in [0.1, 0.15) is 0 Å². The Labute approximate surface area is 135 Å². The first kappa shape index (κ1) is 16.0. The van der Waals surface area contributed by atoms with E-state index in [4.69, 9.17) is 0 Å². The number of nitrogens with one attached hydrogen (secondary N) is 1. The second-order valence-corrected chi connectivity index (χ2v) is 7.37. The summed E-state index contributed by atoms with van der Waals surface area (Å²) in [6, 6.07) is 12.2. The summed E-state index contributed by atoms with van der Waals surface area (Å²) >= 11 is 0. The van der Waals surface area contributed by atoms with Gasteiger partial charge in [-0.15, -0.1) is 0 Å². The highest BCUT2D eigenvalue weighted by molar-refractivity contribution is 5.16. The minimum Gasteiger partial charge on any atom is -0.393 e. The molecule has 2 aliphatic carbocycles. The molecule has 1 aromatic carbocycles. The molecule has 0 aromatic heterocycles. The van der Waals surface area contributed by atoms with Gasteiger partial charge in [-0.1, -0.05) is 49.6 Å². The van der Waals surface area contributed by atoms with Gasteiger partial charge >= 0.3 is 0 Å². The fraction of sp³-hybridized carbons (Fsp3) is 0.700. The largest absolute Gasteiger partial charge is 0.393 e. The quantitative estimate of drug-likeness (QED) is 0.859. The molecule has 2 heteroatoms. The molecule has 122 valence electrons. The lowest BCUT2D eigenvalue weighted by Gasteiger charge is -2.36. The maximum absolute atomic E-state index is 9.72. The highest BCUT2D eigenvalue weighted by atomic mass is 16.3. The molecule has 0 aliphatic heterocycles. The van der Waals surface area contributed by atoms with Crippen LogP contribution in [-0.2, 0) is 6.42 Å². The molecule has 2 N–H and O–H groups in total. The Morgan fingerprint density at radius 1 is 0.909 bits per heavy atom. The molecule has 22 heavy (non-hydrogen) atoms. The van der Waals surface area contributed by atoms with Gasteiger partial charge in [-0.2, -0.15) is 0 Å². The van der Waals surface area contributed by atoms with Gasteiger partial charge in [0.15, 0.2) is 0 Å². The van der Waals surface area contributed by atoms with Crippen molar-refractivity contribution in [3.05, 3.63) is 35.9 Å². The number of rotatable bonds is 5. The minimum absolute atomic E-state index is 0.0553. The second kappa shape index (κ2) is 8.12. The minimum atomic E-state index is -0.0553. The van der Waals surface area contributed by atoms with E-state index in [0.717, 1.165) is 38.0 Å². The van der Waals surface area contributed by atoms with E-state index in [2.05, 4.69) is 35.6 Å². The first-order valence-electron chi connectivity index (χ1n) is 9.29. The molecule has 1 unspecified atom stereocenters. The molecule has 0 bridgehead atoms. The van der Waals surface area contributed by atoms with Crippen LogP contribution in [0.5, 0.6) is 0 Å². The van der Waals surface area contributed by atoms with Crippen molar-refractivity contribution < 1.29 is 5.11 Å². The Kier molecular flexibility index (Phi) is 5.91. The summed E-state index contributed by atoms with van der Waals surface area (Å²) in [5, 5.41) is 13.7. The van der Waals surface area contributed by atoms with Crippen LogP contribution >= 0.6 is 0 Å². The van der Waals surface area contributed by atoms with Crippen LogP contribution in [-0.4, -0.2) is 23.3 Å². The molecule has 2 fully saturated rings. The topological polar surface area (TPSA) is 32.3 Å². The maximum Gasteiger partial charge on any atom is 0.0541 e. The van der Waals surface area contributed by atoms with Gasteiger partial charge in [0.05, 0.1) is 6.10 Å². The lowest BCUT2D eigenvalue weighted by Crippen LogP contribution is -2.46. The molecule has 2 nitrogen and oxygen atoms in total. The van der Waals surface area contributed by atoms with E-state index in [9.17, 15) is 5.11 Å². The summed E-state index contributed by atoms with van der Waals surface area (Å²) in [7, 11) is 0. The molecule has 0 spiro atoms. The van der Waals surface area contributed by atoms with Crippen LogP contribution in [0.15, 0.2) is 30.3 Å². The van der Waals surface area contributed by atoms with Gasteiger partial charge in [0.2, 0.25) is 0 Å². The van der Waals surface area contributed by atoms with Crippen molar-refractivity contribution in [2.45, 2.75) is 82.4 Å². The Hall–Kier alpha value is -0.860. The van der Waals surface area contributed by atoms with Crippen molar-refractivity contribution in [2.24, 2.45) is 5.92 Å². The summed E-state index contributed by atoms with van der Waals surface area (Å²) in [5.41, 5.74) is 1.46. The smallest absolute Gasteiger partial charge is 0.0541 e. The number of aliphatic hydroxyl groups excluding tert-OH is 1. The van der Waals surface area contributed by atoms with Crippen molar-refractivity contribution in [3.63, 3.8) is 0 Å². The molecule has 1 aromatic rings. The molecular weight excluding hydrogens is 270 g/mol. The zero-order valence-electron chi connectivity index (χ0n) is 13.7. The number of hydrogen-bond acceptors (Lipinski definition) is 2. The second-order valence-electron chi connectivity index (χ2n) is 7.37. The molecule has 2 saturated carbocycles. The third-order valence-electron chi connectivity index (χ3n) is 5.66. The Bertz CT molecular complexity index is 419. The summed E-state index contributed by atoms with van der Waals surface area (Å²) in [6.45, 7) is 0. The third-order valence-corrected chi connectivity index (χ3v) is 5.66. The van der Waals surface area contributed by atoms with Crippen molar-refractivity contribution in [1.29, 1.82) is 0 Å². The predicted molar refractivity (Wildman–Crippen MR) is 91.9 cm³/mol. The molecule has 0 saturated heterocycles. The van der Waals surface area contributed by atoms with E-state index in [0.29, 0.717) is 12.1 Å². The first-order chi connectivity index (χ1) is 10.8. The summed E-state index contributed by atoms with van der Waals surface area (Å²) in [5.74, 6) is 0.834. The Morgan fingerprint density at radius 3 is 2.27 bits per heavy atom. The van der Waals surface area contributed by atoms with E-state index in [1.54, 1.807) is 0 Å². The zero-order valence-corrected chi connectivity index (χ0v) is 13.7. The number of benzene rings is 1. The maximum atomic E-state index is 9.72. The Balaban J connectivity index is 1.62. The fourth-order valence-electron chi connectivity index (χ4n) is 4.31. The molecule has 0 amide bonds. The molecule has 2 aliphatic rings. The zero-order chi connectivity index (χ0) is 15.2. The highest BCUT2D eigenvalue weighted by Crippen LogP contribution is 2.29. The SMILES string of the molecule is OC1CCC(NC(Cc2ccccc2)C2CCCCC2)CC1. The van der Waals surface area contributed by atoms with Gasteiger partial charge < -0.3 is 10.4 Å². The van der Waals surface area contributed by atoms with Crippen LogP contribution < -0.4 is 5.32 Å². The van der Waals surface area contributed by atoms with Crippen LogP contribution in [0.4, 0.5) is 0 Å². The van der Waals surface area contributed by atoms with Crippen LogP contribution in [0.3, 0.4) is 0 Å². The van der Waals surface area contributed by atoms with Crippen molar-refractivity contribution in [1.82, 2.24) is 5.32 Å². The van der Waals surface area contributed by atoms with Crippen LogP contribution in [0.1, 0.15) is 63.4 Å². The summed E-state index contributed by atoms with van der Waals surface area (Å²) < 4.78 is 0. The predicted octanol–water partition coefficient (Wildman–Crippen LogP) is 4.07. The van der Waals surface area contributed by atoms with E-state index in [1.165, 1.54) is 37.7 Å². The molecule has 0 radical (unpaired) electrons. The van der Waals surface area contributed by atoms with Crippen LogP contribution in [0, 0.1) is 5.92 Å². The fourth-order valence-corrected chi connectivity index (χ4v) is 4.31. The first-order valence-corrected chi connectivity index (χ1v) is 9.29. The lowest BCUT2D eigenvalue weighted by molar-refractivity contribution is 0.109. The standard InChI is InChI=1S/C20H31NO/c22-19-13-11-18(12-14-19)21-20(17-9-5-2-6-10-17)15-16-7-3-1-4-8-16/h1,3-4,7-8,17-22H,2,5-6,9-15H2. The molecule has 3 rings (SSSR count). The van der Waals surface area contributed by atoms with Crippen LogP contribution in [0.2, 0.25) is 0 Å². The summed E-state index contributed by atoms with van der Waals surface area (Å²) in [6.07, 6.45) is 12.3. The number of aliphatic hydroxyl groups is 1. The van der Waals surface area contributed by atoms with E-state index in [-0.39, 0.29) is 6.10 Å². The Morgan fingerprint density at radius 2 is 1.59 bits per heavy atom. The van der Waals surface area contributed by atoms with Crippen molar-refractivity contribution in [3.8, 4) is 0 Å².